The van der Waals surface area contributed by atoms with Crippen LogP contribution in [0, 0.1) is 0 Å². The van der Waals surface area contributed by atoms with Crippen molar-refractivity contribution in [2.45, 2.75) is 20.0 Å². The van der Waals surface area contributed by atoms with Crippen molar-refractivity contribution in [3.8, 4) is 5.75 Å². The molecule has 0 saturated heterocycles. The predicted octanol–water partition coefficient (Wildman–Crippen LogP) is 3.03. The molecule has 0 spiro atoms. The molecule has 0 aliphatic carbocycles. The first-order valence-electron chi connectivity index (χ1n) is 6.80. The highest BCUT2D eigenvalue weighted by Crippen LogP contribution is 2.13. The second-order valence-electron chi connectivity index (χ2n) is 4.47. The lowest BCUT2D eigenvalue weighted by Gasteiger charge is -2.08. The molecular weight excluding hydrogens is 290 g/mol. The van der Waals surface area contributed by atoms with Crippen LogP contribution in [0.5, 0.6) is 5.75 Å². The third-order valence-electron chi connectivity index (χ3n) is 2.83. The molecule has 1 aromatic heterocycles. The third kappa shape index (κ3) is 5.21. The van der Waals surface area contributed by atoms with Crippen LogP contribution in [0.4, 0.5) is 5.82 Å². The second-order valence-corrected chi connectivity index (χ2v) is 4.86. The first kappa shape index (κ1) is 15.5. The van der Waals surface area contributed by atoms with Crippen LogP contribution in [0.1, 0.15) is 18.3 Å². The number of nitrogens with one attached hydrogen (secondary N) is 1. The molecule has 2 N–H and O–H groups in total. The average Bonchev–Trinajstić information content (AvgIpc) is 2.47. The fourth-order valence-electron chi connectivity index (χ4n) is 1.81. The lowest BCUT2D eigenvalue weighted by atomic mass is 10.1. The van der Waals surface area contributed by atoms with Crippen molar-refractivity contribution in [1.29, 1.82) is 0 Å². The first-order chi connectivity index (χ1) is 10.2. The Morgan fingerprint density at radius 2 is 2.00 bits per heavy atom. The predicted molar refractivity (Wildman–Crippen MR) is 82.7 cm³/mol. The Hall–Kier alpha value is -1.85. The van der Waals surface area contributed by atoms with E-state index in [9.17, 15) is 5.11 Å². The third-order valence-corrected chi connectivity index (χ3v) is 3.03. The molecule has 0 aliphatic heterocycles. The quantitative estimate of drug-likeness (QED) is 0.770. The highest BCUT2D eigenvalue weighted by atomic mass is 35.5. The molecule has 0 radical (unpaired) electrons. The minimum Gasteiger partial charge on any atom is -0.508 e. The van der Waals surface area contributed by atoms with Crippen LogP contribution in [0.15, 0.2) is 30.3 Å². The zero-order valence-corrected chi connectivity index (χ0v) is 12.6. The molecule has 5 nitrogen and oxygen atoms in total. The molecule has 0 amide bonds. The number of anilines is 1. The molecule has 112 valence electrons. The highest BCUT2D eigenvalue weighted by Gasteiger charge is 2.03. The van der Waals surface area contributed by atoms with Gasteiger partial charge in [-0.25, -0.2) is 9.97 Å². The van der Waals surface area contributed by atoms with Crippen LogP contribution in [0.2, 0.25) is 5.15 Å². The van der Waals surface area contributed by atoms with E-state index in [1.54, 1.807) is 18.2 Å². The Balaban J connectivity index is 1.90. The number of hydrogen-bond donors (Lipinski definition) is 2. The van der Waals surface area contributed by atoms with Crippen molar-refractivity contribution >= 4 is 17.4 Å². The molecule has 6 heteroatoms. The van der Waals surface area contributed by atoms with Crippen molar-refractivity contribution in [3.05, 3.63) is 46.9 Å². The van der Waals surface area contributed by atoms with Gasteiger partial charge in [0.2, 0.25) is 0 Å². The number of benzene rings is 1. The summed E-state index contributed by atoms with van der Waals surface area (Å²) in [5.41, 5.74) is 1.13. The molecule has 2 rings (SSSR count). The van der Waals surface area contributed by atoms with E-state index in [4.69, 9.17) is 16.3 Å². The molecule has 1 aromatic carbocycles. The van der Waals surface area contributed by atoms with Gasteiger partial charge in [-0.2, -0.15) is 0 Å². The van der Waals surface area contributed by atoms with Crippen LogP contribution in [-0.2, 0) is 17.8 Å². The van der Waals surface area contributed by atoms with Gasteiger partial charge in [0.15, 0.2) is 5.82 Å². The Bertz CT molecular complexity index is 576. The molecule has 0 saturated carbocycles. The zero-order chi connectivity index (χ0) is 15.1. The Morgan fingerprint density at radius 1 is 1.24 bits per heavy atom. The summed E-state index contributed by atoms with van der Waals surface area (Å²) >= 11 is 5.97. The normalized spacial score (nSPS) is 10.6. The van der Waals surface area contributed by atoms with Gasteiger partial charge in [0.25, 0.3) is 0 Å². The summed E-state index contributed by atoms with van der Waals surface area (Å²) in [4.78, 5) is 8.45. The fraction of sp³-hybridized carbons (Fsp3) is 0.333. The monoisotopic (exact) mass is 307 g/mol. The molecule has 0 aliphatic rings. The Morgan fingerprint density at radius 3 is 2.71 bits per heavy atom. The van der Waals surface area contributed by atoms with Crippen LogP contribution >= 0.6 is 11.6 Å². The molecule has 0 fully saturated rings. The maximum Gasteiger partial charge on any atom is 0.158 e. The summed E-state index contributed by atoms with van der Waals surface area (Å²) in [6.45, 7) is 3.59. The minimum absolute atomic E-state index is 0.273. The molecule has 2 aromatic rings. The Labute approximate surface area is 129 Å². The van der Waals surface area contributed by atoms with Gasteiger partial charge in [0.05, 0.1) is 0 Å². The molecular formula is C15H18ClN3O2. The van der Waals surface area contributed by atoms with E-state index in [1.807, 2.05) is 19.1 Å². The van der Waals surface area contributed by atoms with Crippen molar-refractivity contribution in [1.82, 2.24) is 9.97 Å². The summed E-state index contributed by atoms with van der Waals surface area (Å²) in [6, 6.07) is 8.83. The van der Waals surface area contributed by atoms with Gasteiger partial charge in [-0.1, -0.05) is 23.7 Å². The largest absolute Gasteiger partial charge is 0.508 e. The number of hydrogen-bond acceptors (Lipinski definition) is 5. The molecule has 0 bridgehead atoms. The average molecular weight is 308 g/mol. The van der Waals surface area contributed by atoms with Gasteiger partial charge < -0.3 is 15.2 Å². The topological polar surface area (TPSA) is 67.3 Å². The second kappa shape index (κ2) is 7.81. The molecule has 0 atom stereocenters. The molecule has 1 heterocycles. The number of phenolic OH excluding ortho intramolecular Hbond substituents is 1. The van der Waals surface area contributed by atoms with E-state index in [0.29, 0.717) is 36.6 Å². The van der Waals surface area contributed by atoms with Crippen molar-refractivity contribution in [2.24, 2.45) is 0 Å². The van der Waals surface area contributed by atoms with Gasteiger partial charge >= 0.3 is 0 Å². The number of aromatic hydroxyl groups is 1. The van der Waals surface area contributed by atoms with Crippen molar-refractivity contribution < 1.29 is 9.84 Å². The van der Waals surface area contributed by atoms with Gasteiger partial charge in [-0.05, 0) is 31.0 Å². The van der Waals surface area contributed by atoms with Gasteiger partial charge in [0.1, 0.15) is 23.3 Å². The maximum atomic E-state index is 9.23. The van der Waals surface area contributed by atoms with E-state index in [0.717, 1.165) is 12.0 Å². The van der Waals surface area contributed by atoms with E-state index in [2.05, 4.69) is 15.3 Å². The standard InChI is InChI=1S/C15H18ClN3O2/c1-2-21-10-15-18-13(16)9-14(19-15)17-8-7-11-3-5-12(20)6-4-11/h3-6,9,20H,2,7-8,10H2,1H3,(H,17,18,19). The van der Waals surface area contributed by atoms with Crippen LogP contribution in [-0.4, -0.2) is 28.2 Å². The summed E-state index contributed by atoms with van der Waals surface area (Å²) in [6.07, 6.45) is 0.822. The zero-order valence-electron chi connectivity index (χ0n) is 11.8. The van der Waals surface area contributed by atoms with Crippen molar-refractivity contribution in [3.63, 3.8) is 0 Å². The maximum absolute atomic E-state index is 9.23. The van der Waals surface area contributed by atoms with Crippen molar-refractivity contribution in [2.75, 3.05) is 18.5 Å². The van der Waals surface area contributed by atoms with E-state index in [1.165, 1.54) is 0 Å². The number of ether oxygens (including phenoxy) is 1. The van der Waals surface area contributed by atoms with Crippen LogP contribution in [0.3, 0.4) is 0 Å². The summed E-state index contributed by atoms with van der Waals surface area (Å²) in [7, 11) is 0. The number of nitrogens with zero attached hydrogens (tertiary/aromatic N) is 2. The number of aromatic nitrogens is 2. The van der Waals surface area contributed by atoms with E-state index >= 15 is 0 Å². The van der Waals surface area contributed by atoms with Gasteiger partial charge in [-0.3, -0.25) is 0 Å². The lowest BCUT2D eigenvalue weighted by molar-refractivity contribution is 0.128. The van der Waals surface area contributed by atoms with E-state index in [-0.39, 0.29) is 5.75 Å². The van der Waals surface area contributed by atoms with Gasteiger partial charge in [0, 0.05) is 19.2 Å². The molecule has 0 unspecified atom stereocenters. The first-order valence-corrected chi connectivity index (χ1v) is 7.18. The SMILES string of the molecule is CCOCc1nc(Cl)cc(NCCc2ccc(O)cc2)n1. The van der Waals surface area contributed by atoms with Crippen LogP contribution in [0.25, 0.3) is 0 Å². The minimum atomic E-state index is 0.273. The smallest absolute Gasteiger partial charge is 0.158 e. The van der Waals surface area contributed by atoms with Gasteiger partial charge in [-0.15, -0.1) is 0 Å². The Kier molecular flexibility index (Phi) is 5.78. The summed E-state index contributed by atoms with van der Waals surface area (Å²) in [5, 5.41) is 12.8. The highest BCUT2D eigenvalue weighted by molar-refractivity contribution is 6.29. The fourth-order valence-corrected chi connectivity index (χ4v) is 2.01. The molecule has 21 heavy (non-hydrogen) atoms. The summed E-state index contributed by atoms with van der Waals surface area (Å²) < 4.78 is 5.28. The number of phenols is 1. The van der Waals surface area contributed by atoms with Crippen LogP contribution < -0.4 is 5.32 Å². The van der Waals surface area contributed by atoms with E-state index < -0.39 is 0 Å². The number of rotatable bonds is 7. The number of halogens is 1. The summed E-state index contributed by atoms with van der Waals surface area (Å²) in [5.74, 6) is 1.52. The lowest BCUT2D eigenvalue weighted by Crippen LogP contribution is -2.09.